The molecule has 0 radical (unpaired) electrons. The van der Waals surface area contributed by atoms with Gasteiger partial charge in [-0.25, -0.2) is 0 Å². The van der Waals surface area contributed by atoms with Gasteiger partial charge >= 0.3 is 11.9 Å². The summed E-state index contributed by atoms with van der Waals surface area (Å²) in [6.07, 6.45) is 10.2. The van der Waals surface area contributed by atoms with E-state index in [-0.39, 0.29) is 48.1 Å². The summed E-state index contributed by atoms with van der Waals surface area (Å²) in [4.78, 5) is 35.3. The van der Waals surface area contributed by atoms with Gasteiger partial charge in [-0.1, -0.05) is 37.1 Å². The summed E-state index contributed by atoms with van der Waals surface area (Å²) < 4.78 is 5.10. The molecule has 0 bridgehead atoms. The van der Waals surface area contributed by atoms with Gasteiger partial charge in [-0.15, -0.1) is 0 Å². The largest absolute Gasteiger partial charge is 0.481 e. The highest BCUT2D eigenvalue weighted by Gasteiger charge is 2.57. The van der Waals surface area contributed by atoms with Crippen molar-refractivity contribution in [2.75, 3.05) is 6.61 Å². The Kier molecular flexibility index (Phi) is 5.88. The van der Waals surface area contributed by atoms with Crippen molar-refractivity contribution in [1.82, 2.24) is 0 Å². The van der Waals surface area contributed by atoms with Crippen LogP contribution in [0.5, 0.6) is 0 Å². The molecule has 0 spiro atoms. The molecule has 2 saturated carbocycles. The first-order chi connectivity index (χ1) is 14.6. The molecule has 170 valence electrons. The summed E-state index contributed by atoms with van der Waals surface area (Å²) in [6, 6.07) is 0. The van der Waals surface area contributed by atoms with Crippen LogP contribution in [0, 0.1) is 28.6 Å². The van der Waals surface area contributed by atoms with Crippen LogP contribution in [0.15, 0.2) is 23.3 Å². The molecular weight excluding hydrogens is 396 g/mol. The number of aliphatic carboxylic acids is 1. The smallest absolute Gasteiger partial charge is 0.306 e. The van der Waals surface area contributed by atoms with Crippen LogP contribution in [0.1, 0.15) is 71.6 Å². The van der Waals surface area contributed by atoms with E-state index in [0.717, 1.165) is 44.9 Å². The van der Waals surface area contributed by atoms with Crippen LogP contribution in [-0.2, 0) is 19.1 Å². The number of Topliss-reactive ketones (excluding diaryl/α,β-unsaturated/α-hetero) is 1. The third-order valence-electron chi connectivity index (χ3n) is 8.77. The molecule has 6 heteroatoms. The van der Waals surface area contributed by atoms with Gasteiger partial charge in [0.2, 0.25) is 0 Å². The van der Waals surface area contributed by atoms with E-state index >= 15 is 0 Å². The maximum atomic E-state index is 13.0. The van der Waals surface area contributed by atoms with E-state index in [1.54, 1.807) is 0 Å². The third-order valence-corrected chi connectivity index (χ3v) is 8.77. The third kappa shape index (κ3) is 3.88. The molecule has 0 aliphatic heterocycles. The van der Waals surface area contributed by atoms with Crippen LogP contribution >= 0.6 is 0 Å². The van der Waals surface area contributed by atoms with E-state index in [4.69, 9.17) is 9.84 Å². The summed E-state index contributed by atoms with van der Waals surface area (Å²) in [5, 5.41) is 18.8. The number of fused-ring (bicyclic) bond motifs is 5. The van der Waals surface area contributed by atoms with E-state index in [2.05, 4.69) is 26.0 Å². The van der Waals surface area contributed by atoms with Crippen molar-refractivity contribution in [2.24, 2.45) is 28.6 Å². The summed E-state index contributed by atoms with van der Waals surface area (Å²) in [5.41, 5.74) is 2.83. The second-order valence-corrected chi connectivity index (χ2v) is 10.4. The number of rotatable bonds is 6. The molecule has 31 heavy (non-hydrogen) atoms. The monoisotopic (exact) mass is 430 g/mol. The lowest BCUT2D eigenvalue weighted by Crippen LogP contribution is -2.46. The number of carbonyl (C=O) groups excluding carboxylic acids is 2. The van der Waals surface area contributed by atoms with Gasteiger partial charge in [0, 0.05) is 11.3 Å². The topological polar surface area (TPSA) is 101 Å². The predicted octanol–water partition coefficient (Wildman–Crippen LogP) is 3.82. The molecule has 0 amide bonds. The average Bonchev–Trinajstić information content (AvgIpc) is 3.08. The molecule has 4 aliphatic rings. The second kappa shape index (κ2) is 8.19. The maximum absolute atomic E-state index is 13.0. The van der Waals surface area contributed by atoms with Crippen LogP contribution < -0.4 is 0 Å². The first-order valence-corrected chi connectivity index (χ1v) is 11.6. The number of hydrogen-bond acceptors (Lipinski definition) is 5. The van der Waals surface area contributed by atoms with Crippen LogP contribution in [0.3, 0.4) is 0 Å². The average molecular weight is 431 g/mol. The molecule has 2 N–H and O–H groups in total. The molecule has 0 heterocycles. The standard InChI is InChI=1S/C25H34O6/c1-24-11-9-16(26)13-15(24)3-4-17-18-5-6-20(25(18,2)12-10-19(17)24)21(27)14-31-23(30)8-7-22(28)29/h10,13,16-18,20,26H,3-9,11-12,14H2,1-2H3,(H,28,29)/t16?,17?,18?,20-,24+,25+/m1/s1. The Morgan fingerprint density at radius 2 is 1.90 bits per heavy atom. The number of aliphatic hydroxyl groups is 1. The Morgan fingerprint density at radius 1 is 1.13 bits per heavy atom. The summed E-state index contributed by atoms with van der Waals surface area (Å²) in [5.74, 6) is -0.901. The zero-order valence-electron chi connectivity index (χ0n) is 18.6. The second-order valence-electron chi connectivity index (χ2n) is 10.4. The van der Waals surface area contributed by atoms with Crippen LogP contribution in [0.2, 0.25) is 0 Å². The predicted molar refractivity (Wildman–Crippen MR) is 114 cm³/mol. The molecular formula is C25H34O6. The van der Waals surface area contributed by atoms with Crippen molar-refractivity contribution in [2.45, 2.75) is 77.7 Å². The fourth-order valence-electron chi connectivity index (χ4n) is 7.07. The number of ether oxygens (including phenoxy) is 1. The highest BCUT2D eigenvalue weighted by Crippen LogP contribution is 2.64. The first kappa shape index (κ1) is 22.3. The molecule has 0 aromatic rings. The van der Waals surface area contributed by atoms with Gasteiger partial charge in [0.15, 0.2) is 5.78 Å². The van der Waals surface area contributed by atoms with Gasteiger partial charge in [-0.3, -0.25) is 14.4 Å². The molecule has 2 fully saturated rings. The summed E-state index contributed by atoms with van der Waals surface area (Å²) in [6.45, 7) is 4.31. The van der Waals surface area contributed by atoms with Gasteiger partial charge in [0.1, 0.15) is 6.61 Å². The normalized spacial score (nSPS) is 38.8. The van der Waals surface area contributed by atoms with E-state index in [1.807, 2.05) is 0 Å². The van der Waals surface area contributed by atoms with Crippen molar-refractivity contribution in [3.05, 3.63) is 23.3 Å². The molecule has 4 aliphatic carbocycles. The number of carboxylic acid groups (broad SMARTS) is 1. The van der Waals surface area contributed by atoms with Crippen molar-refractivity contribution in [1.29, 1.82) is 0 Å². The molecule has 0 aromatic heterocycles. The van der Waals surface area contributed by atoms with Crippen molar-refractivity contribution >= 4 is 17.7 Å². The zero-order chi connectivity index (χ0) is 22.4. The van der Waals surface area contributed by atoms with E-state index in [0.29, 0.717) is 11.8 Å². The Hall–Kier alpha value is -1.95. The lowest BCUT2D eigenvalue weighted by atomic mass is 9.51. The van der Waals surface area contributed by atoms with E-state index in [9.17, 15) is 19.5 Å². The SMILES string of the molecule is C[C@]12CCC(O)C=C1CCC1C2=CC[C@@]2(C)C1CC[C@@H]2C(=O)COC(=O)CCC(=O)O. The minimum absolute atomic E-state index is 0.0334. The summed E-state index contributed by atoms with van der Waals surface area (Å²) in [7, 11) is 0. The molecule has 3 unspecified atom stereocenters. The van der Waals surface area contributed by atoms with Gasteiger partial charge in [0.05, 0.1) is 18.9 Å². The minimum Gasteiger partial charge on any atom is -0.481 e. The fourth-order valence-corrected chi connectivity index (χ4v) is 7.07. The van der Waals surface area contributed by atoms with Crippen molar-refractivity contribution < 1.29 is 29.3 Å². The van der Waals surface area contributed by atoms with Gasteiger partial charge in [0.25, 0.3) is 0 Å². The van der Waals surface area contributed by atoms with Gasteiger partial charge in [-0.2, -0.15) is 0 Å². The molecule has 0 saturated heterocycles. The number of ketones is 1. The Bertz CT molecular complexity index is 841. The molecule has 0 aromatic carbocycles. The summed E-state index contributed by atoms with van der Waals surface area (Å²) >= 11 is 0. The number of allylic oxidation sites excluding steroid dienone is 3. The van der Waals surface area contributed by atoms with Crippen molar-refractivity contribution in [3.8, 4) is 0 Å². The lowest BCUT2D eigenvalue weighted by molar-refractivity contribution is -0.152. The lowest BCUT2D eigenvalue weighted by Gasteiger charge is -2.53. The number of hydrogen-bond donors (Lipinski definition) is 2. The van der Waals surface area contributed by atoms with Gasteiger partial charge in [-0.05, 0) is 62.2 Å². The highest BCUT2D eigenvalue weighted by molar-refractivity contribution is 5.86. The van der Waals surface area contributed by atoms with E-state index in [1.165, 1.54) is 11.1 Å². The minimum atomic E-state index is -1.05. The van der Waals surface area contributed by atoms with Crippen LogP contribution in [-0.4, -0.2) is 40.6 Å². The maximum Gasteiger partial charge on any atom is 0.306 e. The number of esters is 1. The first-order valence-electron chi connectivity index (χ1n) is 11.6. The molecule has 6 nitrogen and oxygen atoms in total. The number of carboxylic acids is 1. The van der Waals surface area contributed by atoms with E-state index < -0.39 is 11.9 Å². The quantitative estimate of drug-likeness (QED) is 0.491. The fraction of sp³-hybridized carbons (Fsp3) is 0.720. The molecule has 4 rings (SSSR count). The zero-order valence-corrected chi connectivity index (χ0v) is 18.6. The number of carbonyl (C=O) groups is 3. The van der Waals surface area contributed by atoms with Crippen LogP contribution in [0.25, 0.3) is 0 Å². The van der Waals surface area contributed by atoms with Crippen molar-refractivity contribution in [3.63, 3.8) is 0 Å². The molecule has 6 atom stereocenters. The van der Waals surface area contributed by atoms with Gasteiger partial charge < -0.3 is 14.9 Å². The van der Waals surface area contributed by atoms with Crippen LogP contribution in [0.4, 0.5) is 0 Å². The Balaban J connectivity index is 1.47. The Labute approximate surface area is 183 Å². The highest BCUT2D eigenvalue weighted by atomic mass is 16.5. The number of aliphatic hydroxyl groups excluding tert-OH is 1. The Morgan fingerprint density at radius 3 is 2.65 bits per heavy atom.